The number of ether oxygens (including phenoxy) is 6. The minimum absolute atomic E-state index is 0.0363. The molecule has 4 N–H and O–H groups in total. The predicted molar refractivity (Wildman–Crippen MR) is 285 cm³/mol. The molecule has 2 saturated carbocycles. The molecule has 5 aromatic rings. The molecule has 9 rings (SSSR count). The number of rotatable bonds is 19. The molecule has 0 radical (unpaired) electrons. The number of esters is 2. The third-order valence-corrected chi connectivity index (χ3v) is 17.5. The molecule has 3 aliphatic carbocycles. The Labute approximate surface area is 462 Å². The molecule has 2 bridgehead atoms. The van der Waals surface area contributed by atoms with E-state index in [4.69, 9.17) is 42.0 Å². The second-order valence-corrected chi connectivity index (χ2v) is 22.8. The Morgan fingerprint density at radius 3 is 1.82 bits per heavy atom. The molecule has 5 aromatic carbocycles. The maximum atomic E-state index is 15.9. The van der Waals surface area contributed by atoms with Crippen LogP contribution in [0.2, 0.25) is 0 Å². The summed E-state index contributed by atoms with van der Waals surface area (Å²) in [5.41, 5.74) is -6.57. The van der Waals surface area contributed by atoms with Gasteiger partial charge in [0.15, 0.2) is 12.6 Å². The van der Waals surface area contributed by atoms with Crippen molar-refractivity contribution in [2.75, 3.05) is 20.5 Å². The largest absolute Gasteiger partial charge is 0.508 e. The number of nitrogens with one attached hydrogen (secondary N) is 1. The summed E-state index contributed by atoms with van der Waals surface area (Å²) in [6, 6.07) is 40.4. The smallest absolute Gasteiger partial charge is 0.455 e. The van der Waals surface area contributed by atoms with Crippen molar-refractivity contribution in [1.29, 1.82) is 0 Å². The number of Topliss-reactive ketones (excluding diaryl/α,β-unsaturated/α-hetero) is 1. The van der Waals surface area contributed by atoms with Crippen molar-refractivity contribution in [2.24, 2.45) is 16.7 Å². The summed E-state index contributed by atoms with van der Waals surface area (Å²) < 4.78 is 67.7. The molecule has 0 spiro atoms. The van der Waals surface area contributed by atoms with Crippen LogP contribution in [0.4, 0.5) is 4.79 Å². The van der Waals surface area contributed by atoms with E-state index in [0.717, 1.165) is 7.11 Å². The second-order valence-electron chi connectivity index (χ2n) is 21.1. The monoisotopic (exact) mass is 1120 g/mol. The fraction of sp³-hybridized carbons (Fsp3) is 0.383. The number of benzene rings is 5. The Hall–Kier alpha value is -6.90. The highest BCUT2D eigenvalue weighted by atomic mass is 31.2. The molecule has 19 nitrogen and oxygen atoms in total. The number of hydrogen-bond acceptors (Lipinski definition) is 18. The zero-order valence-corrected chi connectivity index (χ0v) is 45.6. The molecule has 11 atom stereocenters. The highest BCUT2D eigenvalue weighted by molar-refractivity contribution is 7.48. The molecular formula is C60H64NO18P. The summed E-state index contributed by atoms with van der Waals surface area (Å²) in [6.45, 7) is 4.36. The lowest BCUT2D eigenvalue weighted by Crippen LogP contribution is -2.81. The van der Waals surface area contributed by atoms with Crippen molar-refractivity contribution in [3.05, 3.63) is 191 Å². The van der Waals surface area contributed by atoms with Crippen LogP contribution < -0.4 is 5.32 Å². The van der Waals surface area contributed by atoms with Crippen LogP contribution in [-0.4, -0.2) is 113 Å². The third kappa shape index (κ3) is 11.3. The molecule has 10 unspecified atom stereocenters. The van der Waals surface area contributed by atoms with Gasteiger partial charge in [0.25, 0.3) is 5.91 Å². The molecule has 1 saturated heterocycles. The number of hydrogen-bond donors (Lipinski definition) is 4. The van der Waals surface area contributed by atoms with Crippen LogP contribution in [0.5, 0.6) is 0 Å². The van der Waals surface area contributed by atoms with Crippen LogP contribution >= 0.6 is 7.82 Å². The van der Waals surface area contributed by atoms with Crippen molar-refractivity contribution < 1.29 is 85.8 Å². The standard InChI is InChI=1S/C60H64NO18P/c1-37-43(77-55(66)49(78-56(67)71-5)47(40-25-15-8-16-26-40)61-53(64)41-27-17-9-18-28-41)32-60(69)52(79-54(65)42-29-19-10-20-30-42)50-58(4,51(63)48(62)46(37)57(60,2)3)44(31-45-59(50,68)35-72-45)73-36-76-80(70,74-33-38-21-11-6-12-22-38)75-34-39-23-13-7-14-24-39/h6-30,43-45,47-50,52,62,68-69H,31-36H2,1-5H3,(H,61,64)/t43?,44?,45?,47?,48?,49?,50?,52?,58-,59?,60?/m1/s1. The highest BCUT2D eigenvalue weighted by Crippen LogP contribution is 2.64. The lowest BCUT2D eigenvalue weighted by Gasteiger charge is -2.67. The van der Waals surface area contributed by atoms with Gasteiger partial charge in [-0.25, -0.2) is 18.9 Å². The molecule has 1 amide bonds. The highest BCUT2D eigenvalue weighted by Gasteiger charge is 2.77. The normalized spacial score (nSPS) is 27.5. The van der Waals surface area contributed by atoms with Crippen LogP contribution in [0, 0.1) is 16.7 Å². The van der Waals surface area contributed by atoms with E-state index in [1.54, 1.807) is 127 Å². The average molecular weight is 1120 g/mol. The van der Waals surface area contributed by atoms with E-state index in [2.05, 4.69) is 5.32 Å². The van der Waals surface area contributed by atoms with E-state index < -0.39 is 128 Å². The van der Waals surface area contributed by atoms with Gasteiger partial charge >= 0.3 is 25.9 Å². The first-order valence-corrected chi connectivity index (χ1v) is 27.5. The fourth-order valence-electron chi connectivity index (χ4n) is 11.8. The van der Waals surface area contributed by atoms with Crippen molar-refractivity contribution in [3.8, 4) is 0 Å². The van der Waals surface area contributed by atoms with Crippen molar-refractivity contribution in [1.82, 2.24) is 5.32 Å². The van der Waals surface area contributed by atoms with Crippen LogP contribution in [0.1, 0.15) is 84.0 Å². The Morgan fingerprint density at radius 2 is 1.29 bits per heavy atom. The predicted octanol–water partition coefficient (Wildman–Crippen LogP) is 7.92. The lowest BCUT2D eigenvalue weighted by atomic mass is 9.44. The number of aliphatic hydroxyl groups is 3. The van der Waals surface area contributed by atoms with Crippen LogP contribution in [0.15, 0.2) is 163 Å². The molecule has 1 aliphatic heterocycles. The topological polar surface area (TPSA) is 258 Å². The number of carbonyl (C=O) groups excluding carboxylic acids is 5. The minimum Gasteiger partial charge on any atom is -0.455 e. The van der Waals surface area contributed by atoms with Gasteiger partial charge in [-0.15, -0.1) is 0 Å². The summed E-state index contributed by atoms with van der Waals surface area (Å²) in [6.07, 6.45) is -12.3. The van der Waals surface area contributed by atoms with Gasteiger partial charge in [0.2, 0.25) is 6.10 Å². The molecule has 1 heterocycles. The summed E-state index contributed by atoms with van der Waals surface area (Å²) >= 11 is 0. The Kier molecular flexibility index (Phi) is 17.1. The van der Waals surface area contributed by atoms with Crippen LogP contribution in [0.3, 0.4) is 0 Å². The number of aliphatic hydroxyl groups excluding tert-OH is 1. The first kappa shape index (κ1) is 57.8. The zero-order chi connectivity index (χ0) is 57.0. The average Bonchev–Trinajstić information content (AvgIpc) is 2.57. The van der Waals surface area contributed by atoms with Gasteiger partial charge in [-0.3, -0.25) is 23.2 Å². The number of amides is 1. The van der Waals surface area contributed by atoms with Crippen molar-refractivity contribution >= 4 is 37.6 Å². The SMILES string of the molecule is COC(=O)OC(C(=O)OC1CC2(O)C(OC(=O)c3ccccc3)C3C4(O)COC4CC(OCOP(=O)(OCc4ccccc4)OCc4ccccc4)[C@@]3(C)C(=O)C(O)C(=C1C)C2(C)C)C(NC(=O)c1ccccc1)c1ccccc1. The minimum atomic E-state index is -4.50. The number of methoxy groups -OCH3 is 1. The van der Waals surface area contributed by atoms with Gasteiger partial charge in [0.1, 0.15) is 35.6 Å². The molecule has 0 aromatic heterocycles. The maximum absolute atomic E-state index is 15.9. The van der Waals surface area contributed by atoms with E-state index in [0.29, 0.717) is 16.7 Å². The van der Waals surface area contributed by atoms with E-state index >= 15 is 4.79 Å². The van der Waals surface area contributed by atoms with Crippen LogP contribution in [0.25, 0.3) is 0 Å². The van der Waals surface area contributed by atoms with E-state index in [-0.39, 0.29) is 41.9 Å². The summed E-state index contributed by atoms with van der Waals surface area (Å²) in [7, 11) is -3.47. The quantitative estimate of drug-likeness (QED) is 0.0201. The molecule has 422 valence electrons. The Morgan fingerprint density at radius 1 is 0.750 bits per heavy atom. The van der Waals surface area contributed by atoms with E-state index in [1.165, 1.54) is 39.8 Å². The van der Waals surface area contributed by atoms with Crippen LogP contribution in [-0.2, 0) is 69.4 Å². The number of ketones is 1. The molecule has 80 heavy (non-hydrogen) atoms. The van der Waals surface area contributed by atoms with Crippen molar-refractivity contribution in [3.63, 3.8) is 0 Å². The van der Waals surface area contributed by atoms with Gasteiger partial charge in [0.05, 0.1) is 50.1 Å². The molecule has 20 heteroatoms. The third-order valence-electron chi connectivity index (χ3n) is 16.2. The number of fused-ring (bicyclic) bond motifs is 5. The summed E-state index contributed by atoms with van der Waals surface area (Å²) in [5.74, 6) is -5.50. The van der Waals surface area contributed by atoms with Gasteiger partial charge in [-0.05, 0) is 65.9 Å². The molecule has 3 fully saturated rings. The Bertz CT molecular complexity index is 3060. The maximum Gasteiger partial charge on any atom is 0.508 e. The first-order valence-electron chi connectivity index (χ1n) is 26.1. The first-order chi connectivity index (χ1) is 38.2. The zero-order valence-electron chi connectivity index (χ0n) is 44.7. The van der Waals surface area contributed by atoms with E-state index in [1.807, 2.05) is 12.1 Å². The van der Waals surface area contributed by atoms with Gasteiger partial charge in [0, 0.05) is 29.7 Å². The summed E-state index contributed by atoms with van der Waals surface area (Å²) in [4.78, 5) is 72.3. The molecule has 4 aliphatic rings. The number of carbonyl (C=O) groups is 5. The second kappa shape index (κ2) is 23.7. The lowest BCUT2D eigenvalue weighted by molar-refractivity contribution is -0.349. The Balaban J connectivity index is 1.11. The van der Waals surface area contributed by atoms with E-state index in [9.17, 15) is 39.1 Å². The molecular weight excluding hydrogens is 1050 g/mol. The number of phosphoric acid groups is 1. The fourth-order valence-corrected chi connectivity index (χ4v) is 12.8. The van der Waals surface area contributed by atoms with Crippen molar-refractivity contribution in [2.45, 2.75) is 108 Å². The summed E-state index contributed by atoms with van der Waals surface area (Å²) in [5, 5.41) is 42.6. The van der Waals surface area contributed by atoms with Gasteiger partial charge in [-0.1, -0.05) is 141 Å². The van der Waals surface area contributed by atoms with Gasteiger partial charge in [-0.2, -0.15) is 0 Å². The number of phosphoric ester groups is 1. The van der Waals surface area contributed by atoms with Gasteiger partial charge < -0.3 is 49.1 Å².